The number of urea groups is 1. The van der Waals surface area contributed by atoms with E-state index in [-0.39, 0.29) is 17.9 Å². The molecule has 128 valence electrons. The zero-order valence-corrected chi connectivity index (χ0v) is 14.3. The van der Waals surface area contributed by atoms with E-state index in [0.29, 0.717) is 32.0 Å². The number of rotatable bonds is 8. The highest BCUT2D eigenvalue weighted by atomic mass is 16.2. The Labute approximate surface area is 134 Å². The fraction of sp³-hybridized carbons (Fsp3) is 0.875. The molecule has 1 aliphatic heterocycles. The molecule has 0 bridgehead atoms. The third-order valence-electron chi connectivity index (χ3n) is 3.87. The molecule has 0 aromatic heterocycles. The van der Waals surface area contributed by atoms with Crippen molar-refractivity contribution in [1.29, 1.82) is 0 Å². The van der Waals surface area contributed by atoms with Crippen LogP contribution in [0.4, 0.5) is 4.79 Å². The van der Waals surface area contributed by atoms with Gasteiger partial charge in [0.25, 0.3) is 0 Å². The lowest BCUT2D eigenvalue weighted by Crippen LogP contribution is -2.47. The molecule has 6 heteroatoms. The molecule has 0 radical (unpaired) electrons. The van der Waals surface area contributed by atoms with Gasteiger partial charge in [0.2, 0.25) is 5.91 Å². The molecule has 0 aliphatic carbocycles. The second-order valence-electron chi connectivity index (χ2n) is 6.55. The van der Waals surface area contributed by atoms with Crippen molar-refractivity contribution in [2.45, 2.75) is 39.5 Å². The molecule has 0 saturated carbocycles. The summed E-state index contributed by atoms with van der Waals surface area (Å²) in [5.41, 5.74) is 0. The molecule has 0 spiro atoms. The van der Waals surface area contributed by atoms with Gasteiger partial charge in [-0.2, -0.15) is 0 Å². The summed E-state index contributed by atoms with van der Waals surface area (Å²) in [7, 11) is 1.91. The van der Waals surface area contributed by atoms with E-state index in [1.165, 1.54) is 0 Å². The van der Waals surface area contributed by atoms with E-state index in [0.717, 1.165) is 32.4 Å². The number of amides is 3. The van der Waals surface area contributed by atoms with Crippen LogP contribution in [0.2, 0.25) is 0 Å². The van der Waals surface area contributed by atoms with Gasteiger partial charge in [0.05, 0.1) is 0 Å². The second kappa shape index (κ2) is 10.4. The molecule has 0 aromatic carbocycles. The Balaban J connectivity index is 2.27. The summed E-state index contributed by atoms with van der Waals surface area (Å²) >= 11 is 0. The number of carbonyl (C=O) groups is 2. The van der Waals surface area contributed by atoms with Gasteiger partial charge in [-0.15, -0.1) is 0 Å². The summed E-state index contributed by atoms with van der Waals surface area (Å²) in [6.07, 6.45) is 3.47. The van der Waals surface area contributed by atoms with E-state index in [1.54, 1.807) is 0 Å². The first-order chi connectivity index (χ1) is 10.5. The van der Waals surface area contributed by atoms with Crippen molar-refractivity contribution in [2.24, 2.45) is 11.8 Å². The van der Waals surface area contributed by atoms with Crippen LogP contribution in [0, 0.1) is 11.8 Å². The lowest BCUT2D eigenvalue weighted by Gasteiger charge is -2.32. The Bertz CT molecular complexity index is 347. The first kappa shape index (κ1) is 18.7. The lowest BCUT2D eigenvalue weighted by atomic mass is 9.94. The molecule has 1 heterocycles. The largest absolute Gasteiger partial charge is 0.356 e. The number of hydrogen-bond donors (Lipinski definition) is 3. The SMILES string of the molecule is CNCCCNC(=O)CC1CCCN(C(=O)NCC(C)C)C1. The van der Waals surface area contributed by atoms with Gasteiger partial charge in [-0.25, -0.2) is 4.79 Å². The molecular weight excluding hydrogens is 280 g/mol. The van der Waals surface area contributed by atoms with Crippen molar-refractivity contribution < 1.29 is 9.59 Å². The number of piperidine rings is 1. The van der Waals surface area contributed by atoms with E-state index in [1.807, 2.05) is 11.9 Å². The standard InChI is InChI=1S/C16H32N4O2/c1-13(2)11-19-16(22)20-9-4-6-14(12-20)10-15(21)18-8-5-7-17-3/h13-14,17H,4-12H2,1-3H3,(H,18,21)(H,19,22). The van der Waals surface area contributed by atoms with E-state index < -0.39 is 0 Å². The van der Waals surface area contributed by atoms with Crippen molar-refractivity contribution in [1.82, 2.24) is 20.9 Å². The quantitative estimate of drug-likeness (QED) is 0.589. The molecule has 3 N–H and O–H groups in total. The lowest BCUT2D eigenvalue weighted by molar-refractivity contribution is -0.122. The van der Waals surface area contributed by atoms with Crippen LogP contribution in [-0.4, -0.2) is 56.6 Å². The highest BCUT2D eigenvalue weighted by Crippen LogP contribution is 2.19. The van der Waals surface area contributed by atoms with Crippen LogP contribution < -0.4 is 16.0 Å². The monoisotopic (exact) mass is 312 g/mol. The van der Waals surface area contributed by atoms with Crippen molar-refractivity contribution in [3.63, 3.8) is 0 Å². The van der Waals surface area contributed by atoms with Gasteiger partial charge in [0, 0.05) is 32.6 Å². The van der Waals surface area contributed by atoms with E-state index >= 15 is 0 Å². The zero-order chi connectivity index (χ0) is 16.4. The maximum Gasteiger partial charge on any atom is 0.317 e. The molecule has 1 saturated heterocycles. The molecule has 3 amide bonds. The summed E-state index contributed by atoms with van der Waals surface area (Å²) in [5.74, 6) is 0.835. The third-order valence-corrected chi connectivity index (χ3v) is 3.87. The second-order valence-corrected chi connectivity index (χ2v) is 6.55. The average molecular weight is 312 g/mol. The number of nitrogens with one attached hydrogen (secondary N) is 3. The van der Waals surface area contributed by atoms with Crippen LogP contribution in [0.15, 0.2) is 0 Å². The average Bonchev–Trinajstić information content (AvgIpc) is 2.49. The minimum atomic E-state index is 0.00725. The summed E-state index contributed by atoms with van der Waals surface area (Å²) in [4.78, 5) is 25.9. The van der Waals surface area contributed by atoms with Crippen LogP contribution in [0.5, 0.6) is 0 Å². The summed E-state index contributed by atoms with van der Waals surface area (Å²) in [6, 6.07) is 0.00725. The van der Waals surface area contributed by atoms with Gasteiger partial charge in [-0.1, -0.05) is 13.8 Å². The first-order valence-electron chi connectivity index (χ1n) is 8.47. The Morgan fingerprint density at radius 3 is 2.68 bits per heavy atom. The smallest absolute Gasteiger partial charge is 0.317 e. The number of likely N-dealkylation sites (tertiary alicyclic amines) is 1. The molecular formula is C16H32N4O2. The van der Waals surface area contributed by atoms with Crippen molar-refractivity contribution in [2.75, 3.05) is 39.8 Å². The predicted octanol–water partition coefficient (Wildman–Crippen LogP) is 1.18. The highest BCUT2D eigenvalue weighted by Gasteiger charge is 2.25. The minimum absolute atomic E-state index is 0.00725. The predicted molar refractivity (Wildman–Crippen MR) is 88.7 cm³/mol. The molecule has 1 rings (SSSR count). The summed E-state index contributed by atoms with van der Waals surface area (Å²) in [5, 5.41) is 8.96. The van der Waals surface area contributed by atoms with E-state index in [4.69, 9.17) is 0 Å². The normalized spacial score (nSPS) is 18.4. The topological polar surface area (TPSA) is 73.5 Å². The third kappa shape index (κ3) is 7.64. The van der Waals surface area contributed by atoms with Crippen LogP contribution >= 0.6 is 0 Å². The summed E-state index contributed by atoms with van der Waals surface area (Å²) in [6.45, 7) is 7.97. The highest BCUT2D eigenvalue weighted by molar-refractivity contribution is 5.77. The summed E-state index contributed by atoms with van der Waals surface area (Å²) < 4.78 is 0. The Hall–Kier alpha value is -1.30. The molecule has 1 fully saturated rings. The van der Waals surface area contributed by atoms with E-state index in [2.05, 4.69) is 29.8 Å². The van der Waals surface area contributed by atoms with Crippen LogP contribution in [0.25, 0.3) is 0 Å². The van der Waals surface area contributed by atoms with Crippen LogP contribution in [-0.2, 0) is 4.79 Å². The number of carbonyl (C=O) groups excluding carboxylic acids is 2. The van der Waals surface area contributed by atoms with Gasteiger partial charge in [-0.05, 0) is 44.7 Å². The maximum absolute atomic E-state index is 12.1. The van der Waals surface area contributed by atoms with Gasteiger partial charge in [-0.3, -0.25) is 4.79 Å². The van der Waals surface area contributed by atoms with Crippen molar-refractivity contribution in [3.8, 4) is 0 Å². The Morgan fingerprint density at radius 1 is 1.23 bits per heavy atom. The van der Waals surface area contributed by atoms with Gasteiger partial charge < -0.3 is 20.9 Å². The van der Waals surface area contributed by atoms with Gasteiger partial charge in [0.1, 0.15) is 0 Å². The van der Waals surface area contributed by atoms with Crippen LogP contribution in [0.1, 0.15) is 39.5 Å². The molecule has 1 unspecified atom stereocenters. The fourth-order valence-corrected chi connectivity index (χ4v) is 2.65. The van der Waals surface area contributed by atoms with Crippen LogP contribution in [0.3, 0.4) is 0 Å². The Morgan fingerprint density at radius 2 is 2.00 bits per heavy atom. The molecule has 0 aromatic rings. The van der Waals surface area contributed by atoms with Crippen molar-refractivity contribution >= 4 is 11.9 Å². The fourth-order valence-electron chi connectivity index (χ4n) is 2.65. The number of nitrogens with zero attached hydrogens (tertiary/aromatic N) is 1. The zero-order valence-electron chi connectivity index (χ0n) is 14.3. The molecule has 1 aliphatic rings. The Kier molecular flexibility index (Phi) is 8.89. The molecule has 1 atom stereocenters. The first-order valence-corrected chi connectivity index (χ1v) is 8.47. The van der Waals surface area contributed by atoms with E-state index in [9.17, 15) is 9.59 Å². The molecule has 6 nitrogen and oxygen atoms in total. The van der Waals surface area contributed by atoms with Crippen molar-refractivity contribution in [3.05, 3.63) is 0 Å². The van der Waals surface area contributed by atoms with Gasteiger partial charge in [0.15, 0.2) is 0 Å². The maximum atomic E-state index is 12.1. The number of hydrogen-bond acceptors (Lipinski definition) is 3. The van der Waals surface area contributed by atoms with Gasteiger partial charge >= 0.3 is 6.03 Å². The minimum Gasteiger partial charge on any atom is -0.356 e. The molecule has 22 heavy (non-hydrogen) atoms.